The number of carbonyl (C=O) groups is 1. The number of nitrogens with zero attached hydrogens (tertiary/aromatic N) is 4. The molecule has 7 nitrogen and oxygen atoms in total. The molecule has 3 aromatic heterocycles. The average molecular weight is 428 g/mol. The summed E-state index contributed by atoms with van der Waals surface area (Å²) in [5.74, 6) is -0.197. The second-order valence-corrected chi connectivity index (χ2v) is 7.91. The van der Waals surface area contributed by atoms with Gasteiger partial charge in [-0.3, -0.25) is 9.78 Å². The highest BCUT2D eigenvalue weighted by atomic mass is 16.5. The monoisotopic (exact) mass is 427 g/mol. The van der Waals surface area contributed by atoms with Gasteiger partial charge >= 0.3 is 0 Å². The molecule has 0 radical (unpaired) electrons. The number of nitrogens with one attached hydrogen (secondary N) is 1. The fraction of sp³-hybridized carbons (Fsp3) is 0.240. The molecular weight excluding hydrogens is 402 g/mol. The van der Waals surface area contributed by atoms with E-state index in [0.29, 0.717) is 12.2 Å². The van der Waals surface area contributed by atoms with Crippen molar-refractivity contribution in [2.75, 3.05) is 31.2 Å². The Morgan fingerprint density at radius 3 is 2.69 bits per heavy atom. The second kappa shape index (κ2) is 8.80. The molecule has 1 aliphatic rings. The topological polar surface area (TPSA) is 72.3 Å². The van der Waals surface area contributed by atoms with Crippen molar-refractivity contribution in [1.82, 2.24) is 19.9 Å². The number of amides is 1. The molecule has 1 saturated heterocycles. The van der Waals surface area contributed by atoms with Crippen molar-refractivity contribution in [1.29, 1.82) is 0 Å². The molecule has 1 aliphatic heterocycles. The Morgan fingerprint density at radius 1 is 1.12 bits per heavy atom. The van der Waals surface area contributed by atoms with Gasteiger partial charge in [0.15, 0.2) is 0 Å². The Kier molecular flexibility index (Phi) is 5.56. The molecule has 7 heteroatoms. The molecule has 4 aromatic rings. The van der Waals surface area contributed by atoms with Crippen LogP contribution in [0.5, 0.6) is 0 Å². The molecule has 162 valence electrons. The number of rotatable bonds is 5. The van der Waals surface area contributed by atoms with Crippen LogP contribution in [0.1, 0.15) is 16.1 Å². The van der Waals surface area contributed by atoms with Gasteiger partial charge in [-0.25, -0.2) is 4.98 Å². The van der Waals surface area contributed by atoms with Crippen molar-refractivity contribution in [3.63, 3.8) is 0 Å². The highest BCUT2D eigenvalue weighted by Gasteiger charge is 2.17. The van der Waals surface area contributed by atoms with Gasteiger partial charge in [0.05, 0.1) is 24.4 Å². The van der Waals surface area contributed by atoms with Crippen LogP contribution in [0, 0.1) is 0 Å². The highest BCUT2D eigenvalue weighted by molar-refractivity contribution is 6.05. The molecule has 0 unspecified atom stereocenters. The first kappa shape index (κ1) is 20.2. The lowest BCUT2D eigenvalue weighted by atomic mass is 10.1. The number of hydrogen-bond donors (Lipinski definition) is 1. The summed E-state index contributed by atoms with van der Waals surface area (Å²) in [6, 6.07) is 16.1. The summed E-state index contributed by atoms with van der Waals surface area (Å²) in [7, 11) is 1.98. The second-order valence-electron chi connectivity index (χ2n) is 7.91. The number of anilines is 1. The summed E-state index contributed by atoms with van der Waals surface area (Å²) >= 11 is 0. The SMILES string of the molecule is Cn1ccc2c(C(=O)NCc3cccnc3)nc(-c3ccc(N4CCOCC4)cc3)cc21. The van der Waals surface area contributed by atoms with E-state index in [-0.39, 0.29) is 5.91 Å². The Balaban J connectivity index is 1.45. The molecule has 1 fully saturated rings. The summed E-state index contributed by atoms with van der Waals surface area (Å²) in [6.45, 7) is 3.71. The number of benzene rings is 1. The molecule has 4 heterocycles. The largest absolute Gasteiger partial charge is 0.378 e. The maximum atomic E-state index is 13.1. The van der Waals surface area contributed by atoms with Crippen molar-refractivity contribution in [2.24, 2.45) is 7.05 Å². The molecule has 1 amide bonds. The van der Waals surface area contributed by atoms with E-state index in [9.17, 15) is 4.79 Å². The molecule has 0 atom stereocenters. The average Bonchev–Trinajstić information content (AvgIpc) is 3.24. The number of fused-ring (bicyclic) bond motifs is 1. The van der Waals surface area contributed by atoms with E-state index in [0.717, 1.165) is 54.0 Å². The number of carbonyl (C=O) groups excluding carboxylic acids is 1. The molecule has 1 N–H and O–H groups in total. The number of pyridine rings is 2. The van der Waals surface area contributed by atoms with Crippen molar-refractivity contribution in [3.05, 3.63) is 78.4 Å². The summed E-state index contributed by atoms with van der Waals surface area (Å²) in [5.41, 5.74) is 5.27. The normalized spacial score (nSPS) is 14.0. The Bertz CT molecular complexity index is 1230. The van der Waals surface area contributed by atoms with Crippen molar-refractivity contribution in [3.8, 4) is 11.3 Å². The third-order valence-corrected chi connectivity index (χ3v) is 5.81. The van der Waals surface area contributed by atoms with Gasteiger partial charge in [-0.15, -0.1) is 0 Å². The molecule has 0 spiro atoms. The van der Waals surface area contributed by atoms with Crippen LogP contribution in [-0.4, -0.2) is 46.7 Å². The summed E-state index contributed by atoms with van der Waals surface area (Å²) < 4.78 is 7.46. The zero-order valence-electron chi connectivity index (χ0n) is 18.0. The minimum Gasteiger partial charge on any atom is -0.378 e. The first-order valence-corrected chi connectivity index (χ1v) is 10.8. The first-order valence-electron chi connectivity index (χ1n) is 10.8. The predicted molar refractivity (Wildman–Crippen MR) is 125 cm³/mol. The van der Waals surface area contributed by atoms with E-state index >= 15 is 0 Å². The highest BCUT2D eigenvalue weighted by Crippen LogP contribution is 2.27. The lowest BCUT2D eigenvalue weighted by Crippen LogP contribution is -2.36. The molecule has 0 bridgehead atoms. The summed E-state index contributed by atoms with van der Waals surface area (Å²) in [5, 5.41) is 3.82. The maximum absolute atomic E-state index is 13.1. The van der Waals surface area contributed by atoms with Crippen LogP contribution in [-0.2, 0) is 18.3 Å². The van der Waals surface area contributed by atoms with Gasteiger partial charge in [-0.2, -0.15) is 0 Å². The van der Waals surface area contributed by atoms with E-state index < -0.39 is 0 Å². The first-order chi connectivity index (χ1) is 15.7. The van der Waals surface area contributed by atoms with Gasteiger partial charge in [0.2, 0.25) is 0 Å². The molecule has 0 saturated carbocycles. The van der Waals surface area contributed by atoms with Crippen molar-refractivity contribution >= 4 is 22.5 Å². The van der Waals surface area contributed by atoms with Gasteiger partial charge in [0, 0.05) is 61.9 Å². The maximum Gasteiger partial charge on any atom is 0.270 e. The van der Waals surface area contributed by atoms with Crippen LogP contribution in [0.3, 0.4) is 0 Å². The van der Waals surface area contributed by atoms with E-state index in [1.165, 1.54) is 5.69 Å². The Morgan fingerprint density at radius 2 is 1.94 bits per heavy atom. The van der Waals surface area contributed by atoms with Crippen LogP contribution in [0.15, 0.2) is 67.1 Å². The van der Waals surface area contributed by atoms with Crippen LogP contribution < -0.4 is 10.2 Å². The molecular formula is C25H25N5O2. The van der Waals surface area contributed by atoms with Gasteiger partial charge in [-0.1, -0.05) is 18.2 Å². The number of hydrogen-bond acceptors (Lipinski definition) is 5. The molecule has 0 aliphatic carbocycles. The zero-order chi connectivity index (χ0) is 21.9. The third-order valence-electron chi connectivity index (χ3n) is 5.81. The smallest absolute Gasteiger partial charge is 0.270 e. The summed E-state index contributed by atoms with van der Waals surface area (Å²) in [4.78, 5) is 24.2. The van der Waals surface area contributed by atoms with E-state index in [4.69, 9.17) is 9.72 Å². The molecule has 1 aromatic carbocycles. The van der Waals surface area contributed by atoms with Gasteiger partial charge < -0.3 is 19.5 Å². The number of morpholine rings is 1. The van der Waals surface area contributed by atoms with E-state index in [1.807, 2.05) is 42.1 Å². The Labute approximate surface area is 186 Å². The molecule has 32 heavy (non-hydrogen) atoms. The van der Waals surface area contributed by atoms with Crippen LogP contribution in [0.4, 0.5) is 5.69 Å². The molecule has 5 rings (SSSR count). The zero-order valence-corrected chi connectivity index (χ0v) is 18.0. The van der Waals surface area contributed by atoms with Gasteiger partial charge in [0.1, 0.15) is 5.69 Å². The van der Waals surface area contributed by atoms with Crippen molar-refractivity contribution in [2.45, 2.75) is 6.54 Å². The van der Waals surface area contributed by atoms with Crippen LogP contribution in [0.25, 0.3) is 22.2 Å². The van der Waals surface area contributed by atoms with Gasteiger partial charge in [-0.05, 0) is 35.9 Å². The third kappa shape index (κ3) is 4.07. The fourth-order valence-electron chi connectivity index (χ4n) is 4.02. The van der Waals surface area contributed by atoms with Crippen LogP contribution in [0.2, 0.25) is 0 Å². The predicted octanol–water partition coefficient (Wildman–Crippen LogP) is 3.40. The van der Waals surface area contributed by atoms with Crippen molar-refractivity contribution < 1.29 is 9.53 Å². The fourth-order valence-corrected chi connectivity index (χ4v) is 4.02. The standard InChI is InChI=1S/C25H25N5O2/c1-29-10-8-21-23(29)15-22(19-4-6-20(7-5-19)30-11-13-32-14-12-30)28-24(21)25(31)27-17-18-3-2-9-26-16-18/h2-10,15-16H,11-14,17H2,1H3,(H,27,31). The number of aromatic nitrogens is 3. The van der Waals surface area contributed by atoms with E-state index in [1.54, 1.807) is 12.4 Å². The quantitative estimate of drug-likeness (QED) is 0.529. The number of aryl methyl sites for hydroxylation is 1. The minimum absolute atomic E-state index is 0.197. The Hall–Kier alpha value is -3.71. The lowest BCUT2D eigenvalue weighted by molar-refractivity contribution is 0.0948. The van der Waals surface area contributed by atoms with Gasteiger partial charge in [0.25, 0.3) is 5.91 Å². The van der Waals surface area contributed by atoms with Crippen LogP contribution >= 0.6 is 0 Å². The minimum atomic E-state index is -0.197. The number of ether oxygens (including phenoxy) is 1. The lowest BCUT2D eigenvalue weighted by Gasteiger charge is -2.28. The van der Waals surface area contributed by atoms with E-state index in [2.05, 4.69) is 39.5 Å². The summed E-state index contributed by atoms with van der Waals surface area (Å²) in [6.07, 6.45) is 5.42.